The van der Waals surface area contributed by atoms with Crippen LogP contribution in [0.15, 0.2) is 23.8 Å². The van der Waals surface area contributed by atoms with E-state index in [0.29, 0.717) is 0 Å². The molecule has 1 aromatic rings. The smallest absolute Gasteiger partial charge is 0.416 e. The van der Waals surface area contributed by atoms with Crippen molar-refractivity contribution >= 4 is 29.3 Å². The summed E-state index contributed by atoms with van der Waals surface area (Å²) in [4.78, 5) is 36.6. The van der Waals surface area contributed by atoms with Gasteiger partial charge in [0.05, 0.1) is 27.0 Å². The number of nitrogens with zero attached hydrogens (tertiary/aromatic N) is 1. The maximum Gasteiger partial charge on any atom is 0.416 e. The third-order valence-electron chi connectivity index (χ3n) is 3.43. The van der Waals surface area contributed by atoms with Crippen LogP contribution in [0.2, 0.25) is 0 Å². The Kier molecular flexibility index (Phi) is 4.84. The predicted octanol–water partition coefficient (Wildman–Crippen LogP) is 0.830. The van der Waals surface area contributed by atoms with Crippen LogP contribution in [-0.4, -0.2) is 50.7 Å². The Morgan fingerprint density at radius 3 is 2.17 bits per heavy atom. The third-order valence-corrected chi connectivity index (χ3v) is 3.43. The van der Waals surface area contributed by atoms with Gasteiger partial charge in [-0.1, -0.05) is 0 Å². The van der Waals surface area contributed by atoms with Crippen molar-refractivity contribution in [2.24, 2.45) is 0 Å². The van der Waals surface area contributed by atoms with Crippen LogP contribution in [0.1, 0.15) is 5.56 Å². The van der Waals surface area contributed by atoms with Crippen molar-refractivity contribution in [3.8, 4) is 0 Å². The number of amides is 1. The second kappa shape index (κ2) is 6.67. The molecule has 1 N–H and O–H groups in total. The highest BCUT2D eigenvalue weighted by Crippen LogP contribution is 2.42. The number of methoxy groups -OCH3 is 3. The molecule has 24 heavy (non-hydrogen) atoms. The summed E-state index contributed by atoms with van der Waals surface area (Å²) in [7, 11) is 3.14. The summed E-state index contributed by atoms with van der Waals surface area (Å²) < 4.78 is 27.3. The average Bonchev–Trinajstić information content (AvgIpc) is 2.85. The molecule has 0 saturated heterocycles. The largest absolute Gasteiger partial charge is 0.465 e. The molecule has 1 aromatic carbocycles. The molecule has 1 heterocycles. The van der Waals surface area contributed by atoms with Gasteiger partial charge in [-0.25, -0.2) is 23.7 Å². The van der Waals surface area contributed by atoms with E-state index in [9.17, 15) is 23.9 Å². The summed E-state index contributed by atoms with van der Waals surface area (Å²) in [5.74, 6) is -2.89. The van der Waals surface area contributed by atoms with Crippen molar-refractivity contribution in [3.05, 3.63) is 35.2 Å². The lowest BCUT2D eigenvalue weighted by Gasteiger charge is -2.20. The van der Waals surface area contributed by atoms with Crippen molar-refractivity contribution in [1.82, 2.24) is 0 Å². The molecule has 1 unspecified atom stereocenters. The molecular weight excluding hydrogens is 325 g/mol. The fourth-order valence-corrected chi connectivity index (χ4v) is 2.40. The molecule has 0 fully saturated rings. The van der Waals surface area contributed by atoms with E-state index in [1.54, 1.807) is 0 Å². The first-order valence-electron chi connectivity index (χ1n) is 6.63. The molecule has 9 heteroatoms. The Balaban J connectivity index is 2.80. The Morgan fingerprint density at radius 1 is 1.08 bits per heavy atom. The minimum absolute atomic E-state index is 0.0290. The van der Waals surface area contributed by atoms with E-state index in [2.05, 4.69) is 14.2 Å². The standard InChI is InChI=1S/C15H14FNO7/c1-22-13(19)11(14(20)23-2)10-8-6-7(16)4-5-9(8)17(12(10)18)15(21)24-3/h4-6,12,18H,1-3H3. The first-order valence-corrected chi connectivity index (χ1v) is 6.63. The maximum atomic E-state index is 13.6. The van der Waals surface area contributed by atoms with E-state index in [-0.39, 0.29) is 16.8 Å². The lowest BCUT2D eigenvalue weighted by Crippen LogP contribution is -2.38. The predicted molar refractivity (Wildman–Crippen MR) is 78.2 cm³/mol. The van der Waals surface area contributed by atoms with Gasteiger partial charge in [0.15, 0.2) is 11.8 Å². The quantitative estimate of drug-likeness (QED) is 0.280. The maximum absolute atomic E-state index is 13.6. The summed E-state index contributed by atoms with van der Waals surface area (Å²) in [5.41, 5.74) is -0.922. The van der Waals surface area contributed by atoms with Crippen LogP contribution in [0.25, 0.3) is 5.57 Å². The van der Waals surface area contributed by atoms with Gasteiger partial charge in [0.1, 0.15) is 5.82 Å². The van der Waals surface area contributed by atoms with Gasteiger partial charge < -0.3 is 19.3 Å². The average molecular weight is 339 g/mol. The zero-order valence-electron chi connectivity index (χ0n) is 13.0. The number of halogens is 1. The SMILES string of the molecule is COC(=O)C(C(=O)OC)=C1c2cc(F)ccc2N(C(=O)OC)C1O. The highest BCUT2D eigenvalue weighted by molar-refractivity contribution is 6.22. The van der Waals surface area contributed by atoms with Crippen molar-refractivity contribution in [1.29, 1.82) is 0 Å². The molecule has 2 rings (SSSR count). The van der Waals surface area contributed by atoms with Crippen molar-refractivity contribution < 1.29 is 38.1 Å². The van der Waals surface area contributed by atoms with Crippen LogP contribution in [0.4, 0.5) is 14.9 Å². The number of carbonyl (C=O) groups is 3. The van der Waals surface area contributed by atoms with Crippen molar-refractivity contribution in [2.75, 3.05) is 26.2 Å². The van der Waals surface area contributed by atoms with E-state index in [4.69, 9.17) is 0 Å². The van der Waals surface area contributed by atoms with E-state index in [0.717, 1.165) is 38.4 Å². The normalized spacial score (nSPS) is 15.6. The Hall–Kier alpha value is -2.94. The van der Waals surface area contributed by atoms with E-state index in [1.165, 1.54) is 6.07 Å². The Bertz CT molecular complexity index is 725. The third kappa shape index (κ3) is 2.69. The molecule has 128 valence electrons. The van der Waals surface area contributed by atoms with Crippen LogP contribution in [0, 0.1) is 5.82 Å². The highest BCUT2D eigenvalue weighted by Gasteiger charge is 2.42. The number of hydrogen-bond acceptors (Lipinski definition) is 7. The van der Waals surface area contributed by atoms with Gasteiger partial charge in [-0.05, 0) is 18.2 Å². The second-order valence-electron chi connectivity index (χ2n) is 4.65. The number of benzene rings is 1. The molecule has 0 aromatic heterocycles. The second-order valence-corrected chi connectivity index (χ2v) is 4.65. The molecule has 1 amide bonds. The van der Waals surface area contributed by atoms with Gasteiger partial charge in [0.25, 0.3) is 0 Å². The van der Waals surface area contributed by atoms with Crippen LogP contribution < -0.4 is 4.90 Å². The van der Waals surface area contributed by atoms with Crippen LogP contribution in [-0.2, 0) is 23.8 Å². The molecule has 0 bridgehead atoms. The van der Waals surface area contributed by atoms with Gasteiger partial charge in [-0.3, -0.25) is 0 Å². The number of aliphatic hydroxyl groups excluding tert-OH is 1. The minimum Gasteiger partial charge on any atom is -0.465 e. The summed E-state index contributed by atoms with van der Waals surface area (Å²) in [6.07, 6.45) is -2.72. The lowest BCUT2D eigenvalue weighted by molar-refractivity contribution is -0.144. The number of esters is 2. The highest BCUT2D eigenvalue weighted by atomic mass is 19.1. The van der Waals surface area contributed by atoms with Gasteiger partial charge in [-0.15, -0.1) is 0 Å². The summed E-state index contributed by atoms with van der Waals surface area (Å²) >= 11 is 0. The molecular formula is C15H14FNO7. The fraction of sp³-hybridized carbons (Fsp3) is 0.267. The van der Waals surface area contributed by atoms with E-state index >= 15 is 0 Å². The molecule has 8 nitrogen and oxygen atoms in total. The molecule has 1 aliphatic heterocycles. The van der Waals surface area contributed by atoms with Gasteiger partial charge in [0.2, 0.25) is 0 Å². The fourth-order valence-electron chi connectivity index (χ4n) is 2.40. The number of anilines is 1. The monoisotopic (exact) mass is 339 g/mol. The number of aliphatic hydroxyl groups is 1. The number of carbonyl (C=O) groups excluding carboxylic acids is 3. The minimum atomic E-state index is -1.76. The van der Waals surface area contributed by atoms with Crippen LogP contribution >= 0.6 is 0 Å². The topological polar surface area (TPSA) is 102 Å². The summed E-state index contributed by atoms with van der Waals surface area (Å²) in [5, 5.41) is 10.5. The molecule has 0 spiro atoms. The van der Waals surface area contributed by atoms with Crippen LogP contribution in [0.5, 0.6) is 0 Å². The first-order chi connectivity index (χ1) is 11.4. The molecule has 0 saturated carbocycles. The van der Waals surface area contributed by atoms with Gasteiger partial charge >= 0.3 is 18.0 Å². The van der Waals surface area contributed by atoms with Gasteiger partial charge in [-0.2, -0.15) is 0 Å². The number of fused-ring (bicyclic) bond motifs is 1. The summed E-state index contributed by atoms with van der Waals surface area (Å²) in [6, 6.07) is 3.24. The first kappa shape index (κ1) is 17.4. The van der Waals surface area contributed by atoms with E-state index < -0.39 is 35.7 Å². The molecule has 1 atom stereocenters. The molecule has 0 radical (unpaired) electrons. The summed E-state index contributed by atoms with van der Waals surface area (Å²) in [6.45, 7) is 0. The van der Waals surface area contributed by atoms with Crippen LogP contribution in [0.3, 0.4) is 0 Å². The Morgan fingerprint density at radius 2 is 1.67 bits per heavy atom. The number of ether oxygens (including phenoxy) is 3. The zero-order chi connectivity index (χ0) is 18.0. The van der Waals surface area contributed by atoms with Gasteiger partial charge in [0, 0.05) is 11.1 Å². The Labute approximate surface area is 136 Å². The lowest BCUT2D eigenvalue weighted by atomic mass is 10.0. The zero-order valence-corrected chi connectivity index (χ0v) is 13.0. The van der Waals surface area contributed by atoms with Crippen molar-refractivity contribution in [2.45, 2.75) is 6.23 Å². The van der Waals surface area contributed by atoms with E-state index in [1.807, 2.05) is 0 Å². The molecule has 0 aliphatic carbocycles. The molecule has 1 aliphatic rings. The van der Waals surface area contributed by atoms with Crippen molar-refractivity contribution in [3.63, 3.8) is 0 Å². The number of rotatable bonds is 2. The number of hydrogen-bond donors (Lipinski definition) is 1.